The van der Waals surface area contributed by atoms with Crippen molar-refractivity contribution < 1.29 is 4.98 Å². The zero-order chi connectivity index (χ0) is 14.5. The van der Waals surface area contributed by atoms with Crippen LogP contribution in [0.1, 0.15) is 11.1 Å². The summed E-state index contributed by atoms with van der Waals surface area (Å²) in [6, 6.07) is 11.9. The molecule has 2 rings (SSSR count). The number of nitrogens with one attached hydrogen (secondary N) is 1. The lowest BCUT2D eigenvalue weighted by Crippen LogP contribution is -2.16. The minimum absolute atomic E-state index is 0.662. The number of H-pyrrole nitrogens is 1. The number of thioether (sulfide) groups is 1. The van der Waals surface area contributed by atoms with Gasteiger partial charge in [0, 0.05) is 30.9 Å². The van der Waals surface area contributed by atoms with Crippen LogP contribution in [0.2, 0.25) is 5.02 Å². The Morgan fingerprint density at radius 2 is 2.05 bits per heavy atom. The maximum Gasteiger partial charge on any atom is 0.258 e. The van der Waals surface area contributed by atoms with Crippen LogP contribution in [-0.4, -0.2) is 14.1 Å². The van der Waals surface area contributed by atoms with Crippen molar-refractivity contribution in [1.29, 1.82) is 5.26 Å². The third-order valence-corrected chi connectivity index (χ3v) is 4.30. The monoisotopic (exact) mass is 304 g/mol. The molecule has 0 spiro atoms. The Morgan fingerprint density at radius 1 is 1.30 bits per heavy atom. The molecule has 0 bridgehead atoms. The third kappa shape index (κ3) is 3.24. The fraction of sp³-hybridized carbons (Fsp3) is 0.200. The molecule has 1 aromatic heterocycles. The van der Waals surface area contributed by atoms with E-state index in [1.807, 2.05) is 55.5 Å². The number of nitriles is 1. The lowest BCUT2D eigenvalue weighted by Gasteiger charge is -2.13. The van der Waals surface area contributed by atoms with E-state index in [9.17, 15) is 5.26 Å². The van der Waals surface area contributed by atoms with E-state index in [0.29, 0.717) is 5.56 Å². The molecule has 0 aliphatic heterocycles. The summed E-state index contributed by atoms with van der Waals surface area (Å²) >= 11 is 7.73. The molecule has 0 atom stereocenters. The average molecular weight is 305 g/mol. The van der Waals surface area contributed by atoms with Gasteiger partial charge in [-0.1, -0.05) is 41.6 Å². The highest BCUT2D eigenvalue weighted by atomic mass is 35.5. The molecule has 5 heteroatoms. The number of benzene rings is 1. The molecule has 0 aliphatic carbocycles. The molecule has 0 fully saturated rings. The van der Waals surface area contributed by atoms with Crippen LogP contribution >= 0.6 is 23.4 Å². The van der Waals surface area contributed by atoms with E-state index in [2.05, 4.69) is 11.1 Å². The van der Waals surface area contributed by atoms with Crippen LogP contribution in [0.15, 0.2) is 41.6 Å². The Kier molecular flexibility index (Phi) is 4.89. The first-order valence-corrected chi connectivity index (χ1v) is 7.48. The predicted molar refractivity (Wildman–Crippen MR) is 83.1 cm³/mol. The third-order valence-electron chi connectivity index (χ3n) is 2.86. The van der Waals surface area contributed by atoms with Crippen LogP contribution in [0.4, 0.5) is 5.69 Å². The second-order valence-electron chi connectivity index (χ2n) is 4.45. The van der Waals surface area contributed by atoms with Crippen LogP contribution in [0.5, 0.6) is 0 Å². The first-order valence-electron chi connectivity index (χ1n) is 6.12. The van der Waals surface area contributed by atoms with Gasteiger partial charge in [-0.3, -0.25) is 0 Å². The normalized spacial score (nSPS) is 10.1. The van der Waals surface area contributed by atoms with Crippen molar-refractivity contribution in [2.24, 2.45) is 0 Å². The average Bonchev–Trinajstić information content (AvgIpc) is 2.45. The molecular weight excluding hydrogens is 290 g/mol. The lowest BCUT2D eigenvalue weighted by molar-refractivity contribution is -0.426. The van der Waals surface area contributed by atoms with Gasteiger partial charge in [-0.15, -0.1) is 0 Å². The van der Waals surface area contributed by atoms with Gasteiger partial charge in [0.1, 0.15) is 6.07 Å². The minimum Gasteiger partial charge on any atom is -0.376 e. The van der Waals surface area contributed by atoms with E-state index in [-0.39, 0.29) is 0 Å². The van der Waals surface area contributed by atoms with Crippen molar-refractivity contribution in [2.45, 2.75) is 10.8 Å². The van der Waals surface area contributed by atoms with Gasteiger partial charge in [-0.25, -0.2) is 4.98 Å². The smallest absolute Gasteiger partial charge is 0.258 e. The zero-order valence-corrected chi connectivity index (χ0v) is 12.9. The minimum atomic E-state index is 0.662. The predicted octanol–water partition coefficient (Wildman–Crippen LogP) is 3.38. The largest absolute Gasteiger partial charge is 0.376 e. The number of halogens is 1. The SMILES string of the molecule is CN(C)c1cc[nH+]c(SCc2ccccc2Cl)c1C#N. The molecule has 0 saturated heterocycles. The fourth-order valence-electron chi connectivity index (χ4n) is 1.83. The van der Waals surface area contributed by atoms with Gasteiger partial charge in [-0.2, -0.15) is 5.26 Å². The number of aromatic amines is 1. The maximum atomic E-state index is 9.36. The fourth-order valence-corrected chi connectivity index (χ4v) is 3.11. The van der Waals surface area contributed by atoms with Crippen LogP contribution in [-0.2, 0) is 5.75 Å². The second-order valence-corrected chi connectivity index (χ2v) is 5.85. The topological polar surface area (TPSA) is 41.2 Å². The quantitative estimate of drug-likeness (QED) is 0.813. The molecule has 2 aromatic rings. The number of pyridine rings is 1. The van der Waals surface area contributed by atoms with Gasteiger partial charge in [0.15, 0.2) is 11.8 Å². The molecule has 0 radical (unpaired) electrons. The summed E-state index contributed by atoms with van der Waals surface area (Å²) in [6.45, 7) is 0. The van der Waals surface area contributed by atoms with Crippen LogP contribution in [0.3, 0.4) is 0 Å². The van der Waals surface area contributed by atoms with E-state index in [1.54, 1.807) is 11.8 Å². The summed E-state index contributed by atoms with van der Waals surface area (Å²) in [6.07, 6.45) is 1.85. The summed E-state index contributed by atoms with van der Waals surface area (Å²) in [7, 11) is 3.86. The van der Waals surface area contributed by atoms with Crippen molar-refractivity contribution in [1.82, 2.24) is 0 Å². The first kappa shape index (κ1) is 14.7. The van der Waals surface area contributed by atoms with Crippen molar-refractivity contribution in [2.75, 3.05) is 19.0 Å². The molecule has 0 unspecified atom stereocenters. The Hall–Kier alpha value is -1.70. The molecule has 3 nitrogen and oxygen atoms in total. The van der Waals surface area contributed by atoms with Crippen molar-refractivity contribution in [3.63, 3.8) is 0 Å². The molecule has 0 saturated carbocycles. The summed E-state index contributed by atoms with van der Waals surface area (Å²) in [5.74, 6) is 0.724. The second kappa shape index (κ2) is 6.65. The molecule has 1 heterocycles. The van der Waals surface area contributed by atoms with Gasteiger partial charge in [-0.05, 0) is 11.6 Å². The highest BCUT2D eigenvalue weighted by Crippen LogP contribution is 2.29. The Morgan fingerprint density at radius 3 is 2.70 bits per heavy atom. The van der Waals surface area contributed by atoms with Crippen molar-refractivity contribution >= 4 is 29.1 Å². The van der Waals surface area contributed by atoms with Crippen LogP contribution < -0.4 is 9.88 Å². The van der Waals surface area contributed by atoms with E-state index in [1.165, 1.54) is 0 Å². The highest BCUT2D eigenvalue weighted by Gasteiger charge is 2.17. The standard InChI is InChI=1S/C15H14ClN3S/c1-19(2)14-7-8-18-15(12(14)9-17)20-10-11-5-3-4-6-13(11)16/h3-8H,10H2,1-2H3/p+1. The number of hydrogen-bond acceptors (Lipinski definition) is 3. The van der Waals surface area contributed by atoms with Crippen LogP contribution in [0.25, 0.3) is 0 Å². The maximum absolute atomic E-state index is 9.36. The highest BCUT2D eigenvalue weighted by molar-refractivity contribution is 7.98. The van der Waals surface area contributed by atoms with Gasteiger partial charge >= 0.3 is 0 Å². The zero-order valence-electron chi connectivity index (χ0n) is 11.4. The van der Waals surface area contributed by atoms with E-state index < -0.39 is 0 Å². The lowest BCUT2D eigenvalue weighted by atomic mass is 10.2. The van der Waals surface area contributed by atoms with E-state index in [4.69, 9.17) is 11.6 Å². The molecule has 0 aliphatic rings. The van der Waals surface area contributed by atoms with Crippen LogP contribution in [0, 0.1) is 11.3 Å². The summed E-state index contributed by atoms with van der Waals surface area (Å²) in [5, 5.41) is 11.0. The Balaban J connectivity index is 2.25. The van der Waals surface area contributed by atoms with Gasteiger partial charge < -0.3 is 4.90 Å². The molecule has 102 valence electrons. The Bertz CT molecular complexity index is 650. The Labute approximate surface area is 128 Å². The summed E-state index contributed by atoms with van der Waals surface area (Å²) in [4.78, 5) is 5.08. The van der Waals surface area contributed by atoms with Gasteiger partial charge in [0.05, 0.1) is 5.69 Å². The molecule has 0 amide bonds. The number of nitrogens with zero attached hydrogens (tertiary/aromatic N) is 2. The molecule has 20 heavy (non-hydrogen) atoms. The van der Waals surface area contributed by atoms with Crippen molar-refractivity contribution in [3.8, 4) is 6.07 Å². The summed E-state index contributed by atoms with van der Waals surface area (Å²) in [5.41, 5.74) is 2.63. The summed E-state index contributed by atoms with van der Waals surface area (Å²) < 4.78 is 0. The van der Waals surface area contributed by atoms with Crippen molar-refractivity contribution in [3.05, 3.63) is 52.7 Å². The number of aromatic nitrogens is 1. The number of rotatable bonds is 4. The molecular formula is C15H15ClN3S+. The number of anilines is 1. The molecule has 1 N–H and O–H groups in total. The van der Waals surface area contributed by atoms with E-state index >= 15 is 0 Å². The van der Waals surface area contributed by atoms with Gasteiger partial charge in [0.25, 0.3) is 5.03 Å². The van der Waals surface area contributed by atoms with E-state index in [0.717, 1.165) is 27.1 Å². The number of hydrogen-bond donors (Lipinski definition) is 0. The molecule has 1 aromatic carbocycles. The van der Waals surface area contributed by atoms with Gasteiger partial charge in [0.2, 0.25) is 0 Å². The first-order chi connectivity index (χ1) is 9.63.